The summed E-state index contributed by atoms with van der Waals surface area (Å²) in [7, 11) is 0. The standard InChI is InChI=1S/C14H30N2/c1-4-9-15-14(5-2)12-16-10-6-7-13(3)8-11-16/h13-15H,4-12H2,1-3H3. The van der Waals surface area contributed by atoms with Gasteiger partial charge >= 0.3 is 0 Å². The van der Waals surface area contributed by atoms with Crippen LogP contribution in [0.3, 0.4) is 0 Å². The molecule has 1 N–H and O–H groups in total. The zero-order valence-electron chi connectivity index (χ0n) is 11.5. The molecular weight excluding hydrogens is 196 g/mol. The molecule has 1 fully saturated rings. The van der Waals surface area contributed by atoms with Crippen molar-refractivity contribution in [3.05, 3.63) is 0 Å². The quantitative estimate of drug-likeness (QED) is 0.749. The molecule has 96 valence electrons. The van der Waals surface area contributed by atoms with Gasteiger partial charge in [0.2, 0.25) is 0 Å². The highest BCUT2D eigenvalue weighted by molar-refractivity contribution is 4.74. The molecule has 16 heavy (non-hydrogen) atoms. The topological polar surface area (TPSA) is 15.3 Å². The Labute approximate surface area is 102 Å². The van der Waals surface area contributed by atoms with E-state index >= 15 is 0 Å². The molecule has 1 saturated heterocycles. The fraction of sp³-hybridized carbons (Fsp3) is 1.00. The molecule has 0 aromatic rings. The van der Waals surface area contributed by atoms with E-state index in [0.29, 0.717) is 6.04 Å². The number of nitrogens with one attached hydrogen (secondary N) is 1. The third kappa shape index (κ3) is 5.31. The van der Waals surface area contributed by atoms with E-state index in [1.807, 2.05) is 0 Å². The first-order valence-corrected chi connectivity index (χ1v) is 7.22. The van der Waals surface area contributed by atoms with Gasteiger partial charge in [-0.05, 0) is 57.7 Å². The summed E-state index contributed by atoms with van der Waals surface area (Å²) in [6.07, 6.45) is 6.71. The third-order valence-electron chi connectivity index (χ3n) is 3.76. The van der Waals surface area contributed by atoms with Crippen LogP contribution in [-0.4, -0.2) is 37.1 Å². The minimum atomic E-state index is 0.702. The maximum atomic E-state index is 3.66. The lowest BCUT2D eigenvalue weighted by molar-refractivity contribution is 0.244. The highest BCUT2D eigenvalue weighted by Gasteiger charge is 2.16. The van der Waals surface area contributed by atoms with Crippen LogP contribution < -0.4 is 5.32 Å². The first-order valence-electron chi connectivity index (χ1n) is 7.22. The molecule has 1 heterocycles. The van der Waals surface area contributed by atoms with Gasteiger partial charge in [0.25, 0.3) is 0 Å². The van der Waals surface area contributed by atoms with Crippen LogP contribution >= 0.6 is 0 Å². The second-order valence-electron chi connectivity index (χ2n) is 5.40. The molecule has 0 spiro atoms. The number of rotatable bonds is 6. The number of nitrogens with zero attached hydrogens (tertiary/aromatic N) is 1. The Morgan fingerprint density at radius 2 is 2.06 bits per heavy atom. The van der Waals surface area contributed by atoms with Crippen molar-refractivity contribution < 1.29 is 0 Å². The lowest BCUT2D eigenvalue weighted by atomic mass is 10.0. The highest BCUT2D eigenvalue weighted by Crippen LogP contribution is 2.16. The van der Waals surface area contributed by atoms with E-state index in [-0.39, 0.29) is 0 Å². The molecule has 0 aliphatic carbocycles. The van der Waals surface area contributed by atoms with E-state index in [2.05, 4.69) is 31.0 Å². The van der Waals surface area contributed by atoms with Gasteiger partial charge in [-0.2, -0.15) is 0 Å². The molecule has 0 saturated carbocycles. The number of likely N-dealkylation sites (tertiary alicyclic amines) is 1. The summed E-state index contributed by atoms with van der Waals surface area (Å²) in [5.41, 5.74) is 0. The third-order valence-corrected chi connectivity index (χ3v) is 3.76. The first-order chi connectivity index (χ1) is 7.76. The van der Waals surface area contributed by atoms with Gasteiger partial charge in [0.05, 0.1) is 0 Å². The summed E-state index contributed by atoms with van der Waals surface area (Å²) < 4.78 is 0. The van der Waals surface area contributed by atoms with Crippen molar-refractivity contribution in [2.75, 3.05) is 26.2 Å². The van der Waals surface area contributed by atoms with Crippen molar-refractivity contribution in [1.29, 1.82) is 0 Å². The first kappa shape index (κ1) is 14.0. The molecule has 0 aromatic carbocycles. The van der Waals surface area contributed by atoms with Gasteiger partial charge in [0.1, 0.15) is 0 Å². The Hall–Kier alpha value is -0.0800. The van der Waals surface area contributed by atoms with Crippen molar-refractivity contribution >= 4 is 0 Å². The number of hydrogen-bond acceptors (Lipinski definition) is 2. The van der Waals surface area contributed by atoms with Gasteiger partial charge in [0.15, 0.2) is 0 Å². The SMILES string of the molecule is CCCNC(CC)CN1CCCC(C)CC1. The monoisotopic (exact) mass is 226 g/mol. The molecule has 0 radical (unpaired) electrons. The van der Waals surface area contributed by atoms with Crippen LogP contribution in [-0.2, 0) is 0 Å². The molecule has 0 amide bonds. The zero-order chi connectivity index (χ0) is 11.8. The second kappa shape index (κ2) is 8.08. The average molecular weight is 226 g/mol. The van der Waals surface area contributed by atoms with E-state index in [9.17, 15) is 0 Å². The van der Waals surface area contributed by atoms with Gasteiger partial charge < -0.3 is 10.2 Å². The summed E-state index contributed by atoms with van der Waals surface area (Å²) in [5.74, 6) is 0.939. The van der Waals surface area contributed by atoms with Crippen LogP contribution in [0.25, 0.3) is 0 Å². The van der Waals surface area contributed by atoms with Gasteiger partial charge in [-0.15, -0.1) is 0 Å². The van der Waals surface area contributed by atoms with Crippen LogP contribution in [0.2, 0.25) is 0 Å². The predicted molar refractivity (Wildman–Crippen MR) is 71.8 cm³/mol. The lowest BCUT2D eigenvalue weighted by Gasteiger charge is -2.26. The highest BCUT2D eigenvalue weighted by atomic mass is 15.1. The lowest BCUT2D eigenvalue weighted by Crippen LogP contribution is -2.41. The largest absolute Gasteiger partial charge is 0.313 e. The Morgan fingerprint density at radius 3 is 2.75 bits per heavy atom. The summed E-state index contributed by atoms with van der Waals surface area (Å²) in [4.78, 5) is 2.67. The van der Waals surface area contributed by atoms with E-state index in [1.54, 1.807) is 0 Å². The van der Waals surface area contributed by atoms with Crippen LogP contribution in [0.15, 0.2) is 0 Å². The molecule has 2 heteroatoms. The van der Waals surface area contributed by atoms with Crippen LogP contribution in [0.5, 0.6) is 0 Å². The molecule has 1 rings (SSSR count). The Balaban J connectivity index is 2.27. The van der Waals surface area contributed by atoms with E-state index in [1.165, 1.54) is 58.3 Å². The van der Waals surface area contributed by atoms with Crippen molar-refractivity contribution in [3.8, 4) is 0 Å². The van der Waals surface area contributed by atoms with Crippen molar-refractivity contribution in [2.45, 2.75) is 58.9 Å². The molecule has 1 aliphatic heterocycles. The van der Waals surface area contributed by atoms with Crippen molar-refractivity contribution in [2.24, 2.45) is 5.92 Å². The van der Waals surface area contributed by atoms with E-state index < -0.39 is 0 Å². The van der Waals surface area contributed by atoms with Crippen LogP contribution in [0, 0.1) is 5.92 Å². The van der Waals surface area contributed by atoms with E-state index in [4.69, 9.17) is 0 Å². The Kier molecular flexibility index (Phi) is 7.06. The Morgan fingerprint density at radius 1 is 1.25 bits per heavy atom. The normalized spacial score (nSPS) is 25.3. The molecule has 2 atom stereocenters. The molecule has 0 aromatic heterocycles. The fourth-order valence-electron chi connectivity index (χ4n) is 2.50. The van der Waals surface area contributed by atoms with Crippen molar-refractivity contribution in [3.63, 3.8) is 0 Å². The summed E-state index contributed by atoms with van der Waals surface area (Å²) >= 11 is 0. The summed E-state index contributed by atoms with van der Waals surface area (Å²) in [6, 6.07) is 0.702. The van der Waals surface area contributed by atoms with Crippen molar-refractivity contribution in [1.82, 2.24) is 10.2 Å². The minimum absolute atomic E-state index is 0.702. The zero-order valence-corrected chi connectivity index (χ0v) is 11.5. The molecule has 2 nitrogen and oxygen atoms in total. The Bertz CT molecular complexity index is 170. The molecule has 0 bridgehead atoms. The molecule has 2 unspecified atom stereocenters. The predicted octanol–water partition coefficient (Wildman–Crippen LogP) is 2.89. The van der Waals surface area contributed by atoms with E-state index in [0.717, 1.165) is 5.92 Å². The average Bonchev–Trinajstić information content (AvgIpc) is 2.49. The molecular formula is C14H30N2. The maximum absolute atomic E-state index is 3.66. The fourth-order valence-corrected chi connectivity index (χ4v) is 2.50. The molecule has 1 aliphatic rings. The van der Waals surface area contributed by atoms with Gasteiger partial charge in [-0.3, -0.25) is 0 Å². The maximum Gasteiger partial charge on any atom is 0.0192 e. The van der Waals surface area contributed by atoms with Crippen LogP contribution in [0.1, 0.15) is 52.9 Å². The summed E-state index contributed by atoms with van der Waals surface area (Å²) in [6.45, 7) is 12.0. The smallest absolute Gasteiger partial charge is 0.0192 e. The number of hydrogen-bond donors (Lipinski definition) is 1. The minimum Gasteiger partial charge on any atom is -0.313 e. The van der Waals surface area contributed by atoms with Gasteiger partial charge in [0, 0.05) is 12.6 Å². The van der Waals surface area contributed by atoms with Gasteiger partial charge in [-0.1, -0.05) is 20.8 Å². The van der Waals surface area contributed by atoms with Crippen LogP contribution in [0.4, 0.5) is 0 Å². The summed E-state index contributed by atoms with van der Waals surface area (Å²) in [5, 5.41) is 3.66. The second-order valence-corrected chi connectivity index (χ2v) is 5.40. The van der Waals surface area contributed by atoms with Gasteiger partial charge in [-0.25, -0.2) is 0 Å².